The molecule has 0 radical (unpaired) electrons. The Hall–Kier alpha value is -2.69. The highest BCUT2D eigenvalue weighted by molar-refractivity contribution is 6.31. The van der Waals surface area contributed by atoms with Gasteiger partial charge in [0.1, 0.15) is 5.75 Å². The first-order valence-electron chi connectivity index (χ1n) is 9.38. The van der Waals surface area contributed by atoms with Gasteiger partial charge in [-0.3, -0.25) is 0 Å². The van der Waals surface area contributed by atoms with Crippen molar-refractivity contribution in [3.05, 3.63) is 99.0 Å². The van der Waals surface area contributed by atoms with Crippen molar-refractivity contribution in [3.8, 4) is 5.75 Å². The van der Waals surface area contributed by atoms with Crippen LogP contribution < -0.4 is 5.32 Å². The Labute approximate surface area is 179 Å². The lowest BCUT2D eigenvalue weighted by molar-refractivity contribution is 0.179. The van der Waals surface area contributed by atoms with Gasteiger partial charge in [-0.1, -0.05) is 65.7 Å². The summed E-state index contributed by atoms with van der Waals surface area (Å²) in [5.41, 5.74) is 3.61. The number of fused-ring (bicyclic) bond motifs is 1. The molecule has 4 nitrogen and oxygen atoms in total. The number of hydrogen-bond acceptors (Lipinski definition) is 2. The maximum atomic E-state index is 13.1. The Morgan fingerprint density at radius 2 is 1.79 bits per heavy atom. The second-order valence-electron chi connectivity index (χ2n) is 7.00. The van der Waals surface area contributed by atoms with Crippen LogP contribution in [0.4, 0.5) is 4.79 Å². The molecule has 4 rings (SSSR count). The van der Waals surface area contributed by atoms with E-state index in [4.69, 9.17) is 23.2 Å². The number of carbonyl (C=O) groups excluding carboxylic acids is 1. The number of nitrogens with zero attached hydrogens (tertiary/aromatic N) is 1. The third-order valence-corrected chi connectivity index (χ3v) is 5.82. The molecule has 0 saturated heterocycles. The van der Waals surface area contributed by atoms with Crippen LogP contribution in [0, 0.1) is 0 Å². The number of rotatable bonds is 3. The van der Waals surface area contributed by atoms with Gasteiger partial charge in [-0.15, -0.1) is 0 Å². The van der Waals surface area contributed by atoms with E-state index in [1.54, 1.807) is 29.2 Å². The molecule has 0 bridgehead atoms. The van der Waals surface area contributed by atoms with Crippen LogP contribution in [0.1, 0.15) is 28.3 Å². The highest BCUT2D eigenvalue weighted by atomic mass is 35.5. The summed E-state index contributed by atoms with van der Waals surface area (Å²) in [5.74, 6) is 0.111. The van der Waals surface area contributed by atoms with E-state index in [9.17, 15) is 9.90 Å². The molecule has 29 heavy (non-hydrogen) atoms. The molecule has 2 N–H and O–H groups in total. The number of amides is 2. The molecule has 3 aromatic rings. The molecular weight excluding hydrogens is 407 g/mol. The molecule has 1 heterocycles. The lowest BCUT2D eigenvalue weighted by Gasteiger charge is -2.38. The third kappa shape index (κ3) is 4.04. The minimum atomic E-state index is -0.426. The van der Waals surface area contributed by atoms with Crippen molar-refractivity contribution in [1.82, 2.24) is 10.2 Å². The van der Waals surface area contributed by atoms with E-state index in [0.717, 1.165) is 23.1 Å². The molecule has 0 saturated carbocycles. The zero-order valence-corrected chi connectivity index (χ0v) is 17.1. The molecule has 0 aliphatic carbocycles. The van der Waals surface area contributed by atoms with Crippen molar-refractivity contribution >= 4 is 29.2 Å². The number of halogens is 2. The molecule has 1 aliphatic rings. The summed E-state index contributed by atoms with van der Waals surface area (Å²) >= 11 is 12.4. The van der Waals surface area contributed by atoms with Crippen LogP contribution in [0.3, 0.4) is 0 Å². The first-order chi connectivity index (χ1) is 14.0. The monoisotopic (exact) mass is 426 g/mol. The average Bonchev–Trinajstić information content (AvgIpc) is 2.74. The third-order valence-electron chi connectivity index (χ3n) is 5.22. The fourth-order valence-electron chi connectivity index (χ4n) is 3.78. The minimum Gasteiger partial charge on any atom is -0.508 e. The number of phenolic OH excluding ortho intramolecular Hbond substituents is 1. The van der Waals surface area contributed by atoms with E-state index in [1.807, 2.05) is 36.4 Å². The maximum Gasteiger partial charge on any atom is 0.318 e. The summed E-state index contributed by atoms with van der Waals surface area (Å²) in [4.78, 5) is 14.9. The van der Waals surface area contributed by atoms with Crippen LogP contribution in [-0.4, -0.2) is 22.6 Å². The Morgan fingerprint density at radius 3 is 2.62 bits per heavy atom. The highest BCUT2D eigenvalue weighted by Gasteiger charge is 2.33. The second kappa shape index (κ2) is 8.36. The van der Waals surface area contributed by atoms with E-state index < -0.39 is 6.04 Å². The van der Waals surface area contributed by atoms with Gasteiger partial charge in [-0.25, -0.2) is 4.79 Å². The van der Waals surface area contributed by atoms with Gasteiger partial charge in [0.05, 0.1) is 6.04 Å². The van der Waals surface area contributed by atoms with Gasteiger partial charge in [0.25, 0.3) is 0 Å². The van der Waals surface area contributed by atoms with Crippen LogP contribution in [0.5, 0.6) is 5.75 Å². The van der Waals surface area contributed by atoms with Gasteiger partial charge in [0.15, 0.2) is 0 Å². The Bertz CT molecular complexity index is 1050. The molecule has 0 aromatic heterocycles. The smallest absolute Gasteiger partial charge is 0.318 e. The summed E-state index contributed by atoms with van der Waals surface area (Å²) in [6, 6.07) is 19.7. The molecule has 2 amide bonds. The fraction of sp³-hybridized carbons (Fsp3) is 0.174. The van der Waals surface area contributed by atoms with Gasteiger partial charge in [0.2, 0.25) is 0 Å². The van der Waals surface area contributed by atoms with Crippen LogP contribution in [0.25, 0.3) is 0 Å². The van der Waals surface area contributed by atoms with Gasteiger partial charge in [-0.05, 0) is 47.4 Å². The van der Waals surface area contributed by atoms with Crippen molar-refractivity contribution in [2.75, 3.05) is 6.54 Å². The second-order valence-corrected chi connectivity index (χ2v) is 7.84. The van der Waals surface area contributed by atoms with Crippen molar-refractivity contribution in [3.63, 3.8) is 0 Å². The number of hydrogen-bond donors (Lipinski definition) is 2. The van der Waals surface area contributed by atoms with E-state index in [2.05, 4.69) is 11.4 Å². The average molecular weight is 427 g/mol. The fourth-order valence-corrected chi connectivity index (χ4v) is 4.16. The van der Waals surface area contributed by atoms with Crippen molar-refractivity contribution in [1.29, 1.82) is 0 Å². The van der Waals surface area contributed by atoms with Crippen LogP contribution in [0.2, 0.25) is 10.0 Å². The Morgan fingerprint density at radius 1 is 1.03 bits per heavy atom. The predicted molar refractivity (Wildman–Crippen MR) is 115 cm³/mol. The van der Waals surface area contributed by atoms with E-state index >= 15 is 0 Å². The van der Waals surface area contributed by atoms with Crippen molar-refractivity contribution in [2.24, 2.45) is 0 Å². The van der Waals surface area contributed by atoms with Crippen molar-refractivity contribution in [2.45, 2.75) is 19.0 Å². The number of benzene rings is 3. The van der Waals surface area contributed by atoms with Crippen LogP contribution in [0.15, 0.2) is 66.7 Å². The largest absolute Gasteiger partial charge is 0.508 e. The van der Waals surface area contributed by atoms with Gasteiger partial charge >= 0.3 is 6.03 Å². The molecule has 148 valence electrons. The van der Waals surface area contributed by atoms with E-state index in [-0.39, 0.29) is 11.8 Å². The first-order valence-corrected chi connectivity index (χ1v) is 10.1. The number of carbonyl (C=O) groups is 1. The minimum absolute atomic E-state index is 0.111. The van der Waals surface area contributed by atoms with Gasteiger partial charge in [-0.2, -0.15) is 0 Å². The van der Waals surface area contributed by atoms with Gasteiger partial charge in [0, 0.05) is 28.7 Å². The highest BCUT2D eigenvalue weighted by Crippen LogP contribution is 2.40. The lowest BCUT2D eigenvalue weighted by Crippen LogP contribution is -2.45. The number of nitrogens with one attached hydrogen (secondary N) is 1. The summed E-state index contributed by atoms with van der Waals surface area (Å²) in [7, 11) is 0. The zero-order chi connectivity index (χ0) is 20.4. The Balaban J connectivity index is 1.67. The van der Waals surface area contributed by atoms with E-state index in [1.165, 1.54) is 0 Å². The molecule has 0 fully saturated rings. The normalized spacial score (nSPS) is 15.7. The quantitative estimate of drug-likeness (QED) is 0.575. The Kier molecular flexibility index (Phi) is 5.65. The standard InChI is InChI=1S/C23H20Cl2N2O2/c24-17-9-10-21(28)19(13-17)22-18-7-3-1-5-15(18)11-12-27(22)23(29)26-14-16-6-2-4-8-20(16)25/h1-10,13,22,28H,11-12,14H2,(H,26,29). The SMILES string of the molecule is O=C(NCc1ccccc1Cl)N1CCc2ccccc2C1c1cc(Cl)ccc1O. The molecule has 1 aliphatic heterocycles. The lowest BCUT2D eigenvalue weighted by atomic mass is 9.88. The maximum absolute atomic E-state index is 13.1. The molecule has 1 atom stereocenters. The molecule has 3 aromatic carbocycles. The molecule has 1 unspecified atom stereocenters. The number of aromatic hydroxyl groups is 1. The summed E-state index contributed by atoms with van der Waals surface area (Å²) in [6.07, 6.45) is 0.744. The summed E-state index contributed by atoms with van der Waals surface area (Å²) in [5, 5.41) is 14.6. The van der Waals surface area contributed by atoms with Crippen molar-refractivity contribution < 1.29 is 9.90 Å². The predicted octanol–water partition coefficient (Wildman–Crippen LogP) is 5.56. The molecular formula is C23H20Cl2N2O2. The van der Waals surface area contributed by atoms with Gasteiger partial charge < -0.3 is 15.3 Å². The number of urea groups is 1. The van der Waals surface area contributed by atoms with Crippen LogP contribution >= 0.6 is 23.2 Å². The number of phenols is 1. The topological polar surface area (TPSA) is 52.6 Å². The van der Waals surface area contributed by atoms with E-state index in [0.29, 0.717) is 28.7 Å². The molecule has 6 heteroatoms. The summed E-state index contributed by atoms with van der Waals surface area (Å²) < 4.78 is 0. The summed E-state index contributed by atoms with van der Waals surface area (Å²) in [6.45, 7) is 0.854. The molecule has 0 spiro atoms. The van der Waals surface area contributed by atoms with Crippen LogP contribution in [-0.2, 0) is 13.0 Å². The zero-order valence-electron chi connectivity index (χ0n) is 15.6. The first kappa shape index (κ1) is 19.6.